The molecule has 0 saturated carbocycles. The highest BCUT2D eigenvalue weighted by molar-refractivity contribution is 9.10. The Morgan fingerprint density at radius 1 is 1.38 bits per heavy atom. The molecule has 0 radical (unpaired) electrons. The van der Waals surface area contributed by atoms with Crippen LogP contribution in [0.2, 0.25) is 0 Å². The van der Waals surface area contributed by atoms with E-state index in [2.05, 4.69) is 28.2 Å². The lowest BCUT2D eigenvalue weighted by Crippen LogP contribution is -2.48. The molecule has 0 atom stereocenters. The first-order chi connectivity index (χ1) is 9.99. The minimum absolute atomic E-state index is 0.295. The van der Waals surface area contributed by atoms with Crippen LogP contribution in [0.25, 0.3) is 0 Å². The number of benzene rings is 1. The zero-order valence-corrected chi connectivity index (χ0v) is 14.2. The molecule has 0 heterocycles. The fraction of sp³-hybridized carbons (Fsp3) is 0.467. The van der Waals surface area contributed by atoms with Crippen LogP contribution in [0.3, 0.4) is 0 Å². The van der Waals surface area contributed by atoms with E-state index in [0.29, 0.717) is 12.2 Å². The van der Waals surface area contributed by atoms with E-state index in [1.54, 1.807) is 0 Å². The van der Waals surface area contributed by atoms with Gasteiger partial charge in [-0.15, -0.1) is 0 Å². The Labute approximate surface area is 134 Å². The van der Waals surface area contributed by atoms with Gasteiger partial charge in [0.05, 0.1) is 5.69 Å². The summed E-state index contributed by atoms with van der Waals surface area (Å²) in [6.07, 6.45) is 4.34. The third-order valence-electron chi connectivity index (χ3n) is 3.16. The van der Waals surface area contributed by atoms with Crippen molar-refractivity contribution >= 4 is 33.6 Å². The van der Waals surface area contributed by atoms with Crippen molar-refractivity contribution in [3.8, 4) is 0 Å². The smallest absolute Gasteiger partial charge is 0.328 e. The van der Waals surface area contributed by atoms with Crippen LogP contribution in [0.5, 0.6) is 0 Å². The van der Waals surface area contributed by atoms with Gasteiger partial charge in [0.1, 0.15) is 0 Å². The number of aryl methyl sites for hydroxylation is 1. The van der Waals surface area contributed by atoms with Crippen LogP contribution in [0.4, 0.5) is 10.5 Å². The number of halogens is 1. The fourth-order valence-electron chi connectivity index (χ4n) is 2.06. The molecule has 0 saturated heterocycles. The van der Waals surface area contributed by atoms with E-state index in [9.17, 15) is 4.79 Å². The molecule has 0 aliphatic heterocycles. The third kappa shape index (κ3) is 5.04. The maximum Gasteiger partial charge on any atom is 0.328 e. The summed E-state index contributed by atoms with van der Waals surface area (Å²) in [6.45, 7) is 4.61. The largest absolute Gasteiger partial charge is 0.369 e. The molecule has 1 rings (SSSR count). The van der Waals surface area contributed by atoms with Gasteiger partial charge >= 0.3 is 6.03 Å². The number of hydrogen-bond acceptors (Lipinski definition) is 2. The minimum Gasteiger partial charge on any atom is -0.369 e. The zero-order valence-electron chi connectivity index (χ0n) is 12.6. The Kier molecular flexibility index (Phi) is 7.22. The van der Waals surface area contributed by atoms with Crippen LogP contribution in [-0.4, -0.2) is 18.5 Å². The second-order valence-corrected chi connectivity index (χ2v) is 5.77. The number of para-hydroxylation sites is 1. The third-order valence-corrected chi connectivity index (χ3v) is 3.80. The summed E-state index contributed by atoms with van der Waals surface area (Å²) in [5.41, 5.74) is 7.07. The lowest BCUT2D eigenvalue weighted by atomic mass is 10.2. The van der Waals surface area contributed by atoms with Gasteiger partial charge in [-0.2, -0.15) is 0 Å². The Hall–Kier alpha value is -1.56. The Bertz CT molecular complexity index is 484. The molecule has 0 fully saturated rings. The van der Waals surface area contributed by atoms with E-state index in [4.69, 9.17) is 11.1 Å². The molecule has 1 aromatic carbocycles. The van der Waals surface area contributed by atoms with Gasteiger partial charge in [0.2, 0.25) is 5.96 Å². The number of rotatable bonds is 6. The average molecular weight is 355 g/mol. The van der Waals surface area contributed by atoms with Gasteiger partial charge in [-0.1, -0.05) is 38.3 Å². The Morgan fingerprint density at radius 2 is 2.10 bits per heavy atom. The summed E-state index contributed by atoms with van der Waals surface area (Å²) in [5, 5.41) is 10.5. The number of anilines is 1. The number of nitrogens with two attached hydrogens (primary N) is 1. The van der Waals surface area contributed by atoms with Crippen molar-refractivity contribution in [2.75, 3.05) is 11.4 Å². The van der Waals surface area contributed by atoms with Gasteiger partial charge < -0.3 is 11.1 Å². The van der Waals surface area contributed by atoms with Crippen LogP contribution >= 0.6 is 15.9 Å². The number of amides is 2. The fourth-order valence-corrected chi connectivity index (χ4v) is 2.71. The topological polar surface area (TPSA) is 82.2 Å². The summed E-state index contributed by atoms with van der Waals surface area (Å²) in [6, 6.07) is 5.22. The molecular weight excluding hydrogens is 332 g/mol. The van der Waals surface area contributed by atoms with Gasteiger partial charge in [-0.3, -0.25) is 5.41 Å². The number of carbonyl (C=O) groups excluding carboxylic acids is 1. The molecule has 0 bridgehead atoms. The summed E-state index contributed by atoms with van der Waals surface area (Å²) in [4.78, 5) is 13.5. The van der Waals surface area contributed by atoms with E-state index in [1.165, 1.54) is 4.90 Å². The molecule has 0 aromatic heterocycles. The average Bonchev–Trinajstić information content (AvgIpc) is 2.42. The lowest BCUT2D eigenvalue weighted by molar-refractivity contribution is 0.248. The summed E-state index contributed by atoms with van der Waals surface area (Å²) >= 11 is 3.41. The molecule has 0 aliphatic carbocycles. The normalized spacial score (nSPS) is 10.2. The number of carbonyl (C=O) groups is 1. The van der Waals surface area contributed by atoms with Crippen LogP contribution in [0.15, 0.2) is 22.7 Å². The predicted octanol–water partition coefficient (Wildman–Crippen LogP) is 3.75. The van der Waals surface area contributed by atoms with Crippen LogP contribution in [-0.2, 0) is 0 Å². The van der Waals surface area contributed by atoms with Gasteiger partial charge in [0.25, 0.3) is 0 Å². The first-order valence-corrected chi connectivity index (χ1v) is 7.95. The highest BCUT2D eigenvalue weighted by Gasteiger charge is 2.22. The maximum atomic E-state index is 12.3. The minimum atomic E-state index is -0.367. The van der Waals surface area contributed by atoms with Gasteiger partial charge in [0, 0.05) is 11.0 Å². The first-order valence-electron chi connectivity index (χ1n) is 7.16. The van der Waals surface area contributed by atoms with E-state index in [1.807, 2.05) is 25.1 Å². The van der Waals surface area contributed by atoms with Crippen molar-refractivity contribution in [3.05, 3.63) is 28.2 Å². The number of hydrogen-bond donors (Lipinski definition) is 3. The number of nitrogens with zero attached hydrogens (tertiary/aromatic N) is 1. The molecule has 4 N–H and O–H groups in total. The lowest BCUT2D eigenvalue weighted by Gasteiger charge is -2.24. The molecule has 5 nitrogen and oxygen atoms in total. The van der Waals surface area contributed by atoms with Crippen molar-refractivity contribution in [1.82, 2.24) is 5.32 Å². The predicted molar refractivity (Wildman–Crippen MR) is 90.8 cm³/mol. The van der Waals surface area contributed by atoms with Gasteiger partial charge in [-0.25, -0.2) is 9.69 Å². The second kappa shape index (κ2) is 8.67. The number of guanidine groups is 1. The van der Waals surface area contributed by atoms with E-state index in [-0.39, 0.29) is 12.0 Å². The molecule has 0 spiro atoms. The summed E-state index contributed by atoms with van der Waals surface area (Å²) in [5.74, 6) is -0.295. The standard InChI is InChI=1S/C15H23BrN4O/c1-3-4-5-6-10-19-15(21)20(14(17)18)13-11(2)8-7-9-12(13)16/h7-9H,3-6,10H2,1-2H3,(H3,17,18)(H,19,21). The van der Waals surface area contributed by atoms with Gasteiger partial charge in [-0.05, 0) is 40.9 Å². The quantitative estimate of drug-likeness (QED) is 0.413. The molecule has 1 aromatic rings. The van der Waals surface area contributed by atoms with Crippen molar-refractivity contribution in [2.24, 2.45) is 5.73 Å². The monoisotopic (exact) mass is 354 g/mol. The van der Waals surface area contributed by atoms with Crippen LogP contribution in [0, 0.1) is 12.3 Å². The Balaban J connectivity index is 2.78. The molecule has 0 aliphatic rings. The highest BCUT2D eigenvalue weighted by Crippen LogP contribution is 2.29. The first kappa shape index (κ1) is 17.5. The van der Waals surface area contributed by atoms with Crippen molar-refractivity contribution < 1.29 is 4.79 Å². The van der Waals surface area contributed by atoms with Crippen molar-refractivity contribution in [1.29, 1.82) is 5.41 Å². The van der Waals surface area contributed by atoms with Crippen LogP contribution < -0.4 is 16.0 Å². The number of nitrogens with one attached hydrogen (secondary N) is 2. The number of urea groups is 1. The van der Waals surface area contributed by atoms with Gasteiger partial charge in [0.15, 0.2) is 0 Å². The molecule has 21 heavy (non-hydrogen) atoms. The van der Waals surface area contributed by atoms with Crippen LogP contribution in [0.1, 0.15) is 38.2 Å². The van der Waals surface area contributed by atoms with E-state index >= 15 is 0 Å². The summed E-state index contributed by atoms with van der Waals surface area (Å²) in [7, 11) is 0. The van der Waals surface area contributed by atoms with Crippen molar-refractivity contribution in [2.45, 2.75) is 39.5 Å². The second-order valence-electron chi connectivity index (χ2n) is 4.92. The molecule has 0 unspecified atom stereocenters. The zero-order chi connectivity index (χ0) is 15.8. The molecule has 6 heteroatoms. The molecular formula is C15H23BrN4O. The number of unbranched alkanes of at least 4 members (excludes halogenated alkanes) is 3. The highest BCUT2D eigenvalue weighted by atomic mass is 79.9. The van der Waals surface area contributed by atoms with E-state index < -0.39 is 0 Å². The van der Waals surface area contributed by atoms with E-state index in [0.717, 1.165) is 35.7 Å². The molecule has 2 amide bonds. The van der Waals surface area contributed by atoms with Crippen molar-refractivity contribution in [3.63, 3.8) is 0 Å². The summed E-state index contributed by atoms with van der Waals surface area (Å²) < 4.78 is 0.735. The maximum absolute atomic E-state index is 12.3. The Morgan fingerprint density at radius 3 is 2.67 bits per heavy atom. The molecule has 116 valence electrons. The SMILES string of the molecule is CCCCCCNC(=O)N(C(=N)N)c1c(C)cccc1Br.